The minimum atomic E-state index is -1.25. The van der Waals surface area contributed by atoms with Crippen LogP contribution < -0.4 is 16.0 Å². The van der Waals surface area contributed by atoms with Gasteiger partial charge in [0.25, 0.3) is 0 Å². The molecule has 0 radical (unpaired) electrons. The Balaban J connectivity index is 1.95. The Bertz CT molecular complexity index is 1010. The first-order valence-corrected chi connectivity index (χ1v) is 11.5. The van der Waals surface area contributed by atoms with Crippen LogP contribution in [-0.2, 0) is 37.0 Å². The average Bonchev–Trinajstić information content (AvgIpc) is 2.83. The summed E-state index contributed by atoms with van der Waals surface area (Å²) in [4.78, 5) is 49.6. The van der Waals surface area contributed by atoms with Gasteiger partial charge in [0.05, 0.1) is 6.54 Å². The second kappa shape index (κ2) is 13.7. The minimum Gasteiger partial charge on any atom is -0.459 e. The number of carbonyl (C=O) groups excluding carboxylic acids is 4. The summed E-state index contributed by atoms with van der Waals surface area (Å²) < 4.78 is 15.6. The van der Waals surface area contributed by atoms with E-state index in [4.69, 9.17) is 14.2 Å². The largest absolute Gasteiger partial charge is 0.459 e. The van der Waals surface area contributed by atoms with Gasteiger partial charge in [-0.15, -0.1) is 0 Å². The molecule has 0 aromatic heterocycles. The summed E-state index contributed by atoms with van der Waals surface area (Å²) >= 11 is 0. The van der Waals surface area contributed by atoms with E-state index in [-0.39, 0.29) is 19.8 Å². The van der Waals surface area contributed by atoms with Gasteiger partial charge in [-0.05, 0) is 38.8 Å². The molecule has 0 unspecified atom stereocenters. The molecular weight excluding hydrogens is 466 g/mol. The molecule has 0 aliphatic carbocycles. The molecule has 0 fully saturated rings. The summed E-state index contributed by atoms with van der Waals surface area (Å²) in [7, 11) is 0. The smallest absolute Gasteiger partial charge is 0.408 e. The van der Waals surface area contributed by atoms with Gasteiger partial charge in [-0.3, -0.25) is 4.79 Å². The molecule has 36 heavy (non-hydrogen) atoms. The van der Waals surface area contributed by atoms with E-state index in [1.807, 2.05) is 24.3 Å². The van der Waals surface area contributed by atoms with E-state index < -0.39 is 41.7 Å². The average molecular weight is 500 g/mol. The lowest BCUT2D eigenvalue weighted by molar-refractivity contribution is -0.148. The van der Waals surface area contributed by atoms with Crippen LogP contribution in [0.15, 0.2) is 60.7 Å². The Kier molecular flexibility index (Phi) is 10.7. The van der Waals surface area contributed by atoms with Crippen LogP contribution in [0.2, 0.25) is 0 Å². The van der Waals surface area contributed by atoms with Gasteiger partial charge in [-0.25, -0.2) is 14.4 Å². The number of amides is 3. The fourth-order valence-electron chi connectivity index (χ4n) is 2.84. The quantitative estimate of drug-likeness (QED) is 0.338. The van der Waals surface area contributed by atoms with Crippen molar-refractivity contribution in [3.8, 4) is 0 Å². The molecule has 2 rings (SSSR count). The summed E-state index contributed by atoms with van der Waals surface area (Å²) in [5, 5.41) is 7.34. The number of alkyl carbamates (subject to hydrolysis) is 2. The summed E-state index contributed by atoms with van der Waals surface area (Å²) in [6, 6.07) is 15.8. The van der Waals surface area contributed by atoms with E-state index in [1.165, 1.54) is 6.92 Å². The topological polar surface area (TPSA) is 132 Å². The second-order valence-corrected chi connectivity index (χ2v) is 8.97. The zero-order valence-electron chi connectivity index (χ0n) is 20.9. The molecule has 0 aliphatic rings. The van der Waals surface area contributed by atoms with E-state index in [0.29, 0.717) is 0 Å². The van der Waals surface area contributed by atoms with Crippen LogP contribution >= 0.6 is 0 Å². The first kappa shape index (κ1) is 28.2. The first-order chi connectivity index (χ1) is 17.0. The first-order valence-electron chi connectivity index (χ1n) is 11.5. The predicted octanol–water partition coefficient (Wildman–Crippen LogP) is 3.05. The molecule has 0 spiro atoms. The Labute approximate surface area is 210 Å². The number of hydrogen-bond acceptors (Lipinski definition) is 7. The number of carbonyl (C=O) groups is 4. The lowest BCUT2D eigenvalue weighted by Crippen LogP contribution is -2.55. The Morgan fingerprint density at radius 3 is 1.83 bits per heavy atom. The molecule has 10 heteroatoms. The number of nitrogens with one attached hydrogen (secondary N) is 3. The molecule has 0 bridgehead atoms. The highest BCUT2D eigenvalue weighted by atomic mass is 16.6. The van der Waals surface area contributed by atoms with Crippen LogP contribution in [0.4, 0.5) is 9.59 Å². The van der Waals surface area contributed by atoms with E-state index in [2.05, 4.69) is 16.0 Å². The monoisotopic (exact) mass is 499 g/mol. The van der Waals surface area contributed by atoms with E-state index in [9.17, 15) is 19.2 Å². The highest BCUT2D eigenvalue weighted by molar-refractivity contribution is 5.90. The molecule has 0 saturated carbocycles. The molecule has 3 N–H and O–H groups in total. The van der Waals surface area contributed by atoms with E-state index >= 15 is 0 Å². The van der Waals surface area contributed by atoms with E-state index in [1.54, 1.807) is 57.2 Å². The van der Waals surface area contributed by atoms with Crippen molar-refractivity contribution >= 4 is 24.1 Å². The van der Waals surface area contributed by atoms with Crippen molar-refractivity contribution in [3.63, 3.8) is 0 Å². The zero-order valence-corrected chi connectivity index (χ0v) is 20.9. The van der Waals surface area contributed by atoms with Gasteiger partial charge in [0.1, 0.15) is 30.9 Å². The van der Waals surface area contributed by atoms with Gasteiger partial charge in [0.2, 0.25) is 5.91 Å². The molecule has 0 saturated heterocycles. The summed E-state index contributed by atoms with van der Waals surface area (Å²) in [5.41, 5.74) is 0.808. The standard InChI is InChI=1S/C26H33N3O7/c1-18(23(31)34-16-19-11-7-5-8-12-19)28-22(30)21(15-27-24(32)36-26(2,3)4)29-25(33)35-17-20-13-9-6-10-14-20/h5-14,18,21H,15-17H2,1-4H3,(H,27,32)(H,28,30)(H,29,33)/t18-,21-/m0/s1. The Hall–Kier alpha value is -4.08. The van der Waals surface area contributed by atoms with Gasteiger partial charge in [-0.1, -0.05) is 60.7 Å². The summed E-state index contributed by atoms with van der Waals surface area (Å²) in [6.07, 6.45) is -1.64. The van der Waals surface area contributed by atoms with Crippen LogP contribution in [0, 0.1) is 0 Å². The van der Waals surface area contributed by atoms with Gasteiger partial charge in [-0.2, -0.15) is 0 Å². The molecule has 0 aliphatic heterocycles. The van der Waals surface area contributed by atoms with Crippen molar-refractivity contribution in [2.45, 2.75) is 58.6 Å². The second-order valence-electron chi connectivity index (χ2n) is 8.97. The molecule has 10 nitrogen and oxygen atoms in total. The Morgan fingerprint density at radius 1 is 0.778 bits per heavy atom. The highest BCUT2D eigenvalue weighted by Crippen LogP contribution is 2.07. The fourth-order valence-corrected chi connectivity index (χ4v) is 2.84. The molecule has 0 heterocycles. The molecular formula is C26H33N3O7. The van der Waals surface area contributed by atoms with Crippen molar-refractivity contribution in [1.82, 2.24) is 16.0 Å². The molecule has 3 amide bonds. The third kappa shape index (κ3) is 10.9. The Morgan fingerprint density at radius 2 is 1.31 bits per heavy atom. The van der Waals surface area contributed by atoms with Crippen LogP contribution in [0.1, 0.15) is 38.8 Å². The third-order valence-corrected chi connectivity index (χ3v) is 4.61. The summed E-state index contributed by atoms with van der Waals surface area (Å²) in [6.45, 7) is 6.27. The molecule has 2 atom stereocenters. The number of benzene rings is 2. The number of hydrogen-bond donors (Lipinski definition) is 3. The maximum absolute atomic E-state index is 12.9. The van der Waals surface area contributed by atoms with Gasteiger partial charge in [0, 0.05) is 0 Å². The third-order valence-electron chi connectivity index (χ3n) is 4.61. The van der Waals surface area contributed by atoms with Gasteiger partial charge >= 0.3 is 18.2 Å². The number of esters is 1. The van der Waals surface area contributed by atoms with Gasteiger partial charge < -0.3 is 30.2 Å². The van der Waals surface area contributed by atoms with Crippen molar-refractivity contribution in [1.29, 1.82) is 0 Å². The number of rotatable bonds is 10. The summed E-state index contributed by atoms with van der Waals surface area (Å²) in [5.74, 6) is -1.37. The zero-order chi connectivity index (χ0) is 26.6. The lowest BCUT2D eigenvalue weighted by atomic mass is 10.2. The normalized spacial score (nSPS) is 12.4. The van der Waals surface area contributed by atoms with Crippen LogP contribution in [0.25, 0.3) is 0 Å². The van der Waals surface area contributed by atoms with Gasteiger partial charge in [0.15, 0.2) is 0 Å². The predicted molar refractivity (Wildman–Crippen MR) is 132 cm³/mol. The fraction of sp³-hybridized carbons (Fsp3) is 0.385. The molecule has 194 valence electrons. The lowest BCUT2D eigenvalue weighted by Gasteiger charge is -2.23. The minimum absolute atomic E-state index is 0.0112. The maximum Gasteiger partial charge on any atom is 0.408 e. The molecule has 2 aromatic carbocycles. The van der Waals surface area contributed by atoms with Crippen LogP contribution in [0.3, 0.4) is 0 Å². The molecule has 2 aromatic rings. The maximum atomic E-state index is 12.9. The SMILES string of the molecule is C[C@H](NC(=O)[C@H](CNC(=O)OC(C)(C)C)NC(=O)OCc1ccccc1)C(=O)OCc1ccccc1. The van der Waals surface area contributed by atoms with Crippen LogP contribution in [-0.4, -0.2) is 48.3 Å². The highest BCUT2D eigenvalue weighted by Gasteiger charge is 2.27. The van der Waals surface area contributed by atoms with Crippen molar-refractivity contribution in [3.05, 3.63) is 71.8 Å². The number of ether oxygens (including phenoxy) is 3. The van der Waals surface area contributed by atoms with Crippen molar-refractivity contribution in [2.75, 3.05) is 6.54 Å². The van der Waals surface area contributed by atoms with Crippen molar-refractivity contribution in [2.24, 2.45) is 0 Å². The van der Waals surface area contributed by atoms with E-state index in [0.717, 1.165) is 11.1 Å². The van der Waals surface area contributed by atoms with Crippen molar-refractivity contribution < 1.29 is 33.4 Å². The van der Waals surface area contributed by atoms with Crippen LogP contribution in [0.5, 0.6) is 0 Å².